The Kier molecular flexibility index (Phi) is 6.10. The van der Waals surface area contributed by atoms with Crippen LogP contribution in [0.5, 0.6) is 5.75 Å². The zero-order chi connectivity index (χ0) is 17.3. The van der Waals surface area contributed by atoms with Crippen molar-refractivity contribution in [3.63, 3.8) is 0 Å². The molecule has 0 radical (unpaired) electrons. The molecule has 7 nitrogen and oxygen atoms in total. The Bertz CT molecular complexity index is 818. The van der Waals surface area contributed by atoms with E-state index in [-0.39, 0.29) is 23.3 Å². The van der Waals surface area contributed by atoms with E-state index in [2.05, 4.69) is 15.5 Å². The minimum atomic E-state index is -3.66. The van der Waals surface area contributed by atoms with Gasteiger partial charge >= 0.3 is 0 Å². The molecule has 1 saturated heterocycles. The largest absolute Gasteiger partial charge is 0.496 e. The number of methoxy groups -OCH3 is 1. The maximum Gasteiger partial charge on any atom is 0.247 e. The summed E-state index contributed by atoms with van der Waals surface area (Å²) in [5.41, 5.74) is 1.91. The highest BCUT2D eigenvalue weighted by Gasteiger charge is 2.38. The van der Waals surface area contributed by atoms with Crippen molar-refractivity contribution in [2.45, 2.75) is 24.8 Å². The van der Waals surface area contributed by atoms with Gasteiger partial charge in [-0.1, -0.05) is 18.2 Å². The van der Waals surface area contributed by atoms with Crippen LogP contribution in [0.15, 0.2) is 29.2 Å². The summed E-state index contributed by atoms with van der Waals surface area (Å²) < 4.78 is 33.5. The predicted molar refractivity (Wildman–Crippen MR) is 97.8 cm³/mol. The van der Waals surface area contributed by atoms with Crippen LogP contribution in [0, 0.1) is 13.8 Å². The average Bonchev–Trinajstić information content (AvgIpc) is 2.94. The number of aryl methyl sites for hydroxylation is 2. The molecule has 0 saturated carbocycles. The fourth-order valence-corrected chi connectivity index (χ4v) is 5.16. The molecule has 0 aliphatic carbocycles. The predicted octanol–water partition coefficient (Wildman–Crippen LogP) is 1.79. The van der Waals surface area contributed by atoms with Crippen molar-refractivity contribution in [1.82, 2.24) is 19.8 Å². The molecule has 0 amide bonds. The number of piperazine rings is 1. The Labute approximate surface area is 154 Å². The van der Waals surface area contributed by atoms with Crippen molar-refractivity contribution < 1.29 is 13.2 Å². The quantitative estimate of drug-likeness (QED) is 0.836. The van der Waals surface area contributed by atoms with E-state index in [1.54, 1.807) is 25.3 Å². The third-order valence-electron chi connectivity index (χ3n) is 4.32. The molecular weight excluding hydrogens is 364 g/mol. The monoisotopic (exact) mass is 386 g/mol. The van der Waals surface area contributed by atoms with Crippen molar-refractivity contribution in [2.75, 3.05) is 26.7 Å². The number of benzene rings is 1. The molecule has 0 spiro atoms. The van der Waals surface area contributed by atoms with Gasteiger partial charge in [0.1, 0.15) is 10.6 Å². The van der Waals surface area contributed by atoms with Crippen LogP contribution in [-0.4, -0.2) is 49.7 Å². The maximum absolute atomic E-state index is 13.3. The zero-order valence-electron chi connectivity index (χ0n) is 14.4. The molecule has 3 rings (SSSR count). The van der Waals surface area contributed by atoms with E-state index < -0.39 is 10.0 Å². The number of para-hydroxylation sites is 1. The molecule has 1 aromatic heterocycles. The number of sulfonamides is 1. The summed E-state index contributed by atoms with van der Waals surface area (Å²) in [5, 5.41) is 10.1. The lowest BCUT2D eigenvalue weighted by Gasteiger charge is -2.36. The van der Waals surface area contributed by atoms with Crippen LogP contribution in [0.1, 0.15) is 23.0 Å². The molecule has 1 aromatic carbocycles. The Morgan fingerprint density at radius 3 is 2.64 bits per heavy atom. The molecule has 138 valence electrons. The average molecular weight is 387 g/mol. The van der Waals surface area contributed by atoms with Gasteiger partial charge in [-0.3, -0.25) is 5.10 Å². The lowest BCUT2D eigenvalue weighted by molar-refractivity contribution is 0.264. The summed E-state index contributed by atoms with van der Waals surface area (Å²) in [6, 6.07) is 7.21. The van der Waals surface area contributed by atoms with Crippen LogP contribution < -0.4 is 10.1 Å². The lowest BCUT2D eigenvalue weighted by atomic mass is 10.0. The number of aromatic nitrogens is 2. The van der Waals surface area contributed by atoms with Gasteiger partial charge in [-0.25, -0.2) is 8.42 Å². The molecule has 2 N–H and O–H groups in total. The van der Waals surface area contributed by atoms with Gasteiger partial charge in [0.25, 0.3) is 0 Å². The molecule has 0 bridgehead atoms. The first kappa shape index (κ1) is 19.7. The first-order valence-corrected chi connectivity index (χ1v) is 9.28. The second kappa shape index (κ2) is 7.74. The number of halogens is 1. The van der Waals surface area contributed by atoms with E-state index in [0.29, 0.717) is 36.8 Å². The van der Waals surface area contributed by atoms with E-state index >= 15 is 0 Å². The molecule has 2 heterocycles. The second-order valence-corrected chi connectivity index (χ2v) is 7.67. The van der Waals surface area contributed by atoms with Gasteiger partial charge in [-0.05, 0) is 19.9 Å². The van der Waals surface area contributed by atoms with E-state index in [4.69, 9.17) is 4.74 Å². The minimum Gasteiger partial charge on any atom is -0.496 e. The number of hydrogen-bond donors (Lipinski definition) is 2. The number of hydrogen-bond acceptors (Lipinski definition) is 5. The van der Waals surface area contributed by atoms with Crippen molar-refractivity contribution in [3.05, 3.63) is 41.2 Å². The molecule has 1 fully saturated rings. The fraction of sp³-hybridized carbons (Fsp3) is 0.438. The Morgan fingerprint density at radius 1 is 1.28 bits per heavy atom. The van der Waals surface area contributed by atoms with Gasteiger partial charge in [0, 0.05) is 25.2 Å². The van der Waals surface area contributed by atoms with Crippen LogP contribution in [0.2, 0.25) is 0 Å². The van der Waals surface area contributed by atoms with E-state index in [1.807, 2.05) is 24.3 Å². The SMILES string of the molecule is COc1ccccc1C1CNCCN1S(=O)(=O)c1c(C)n[nH]c1C.Cl. The van der Waals surface area contributed by atoms with Crippen molar-refractivity contribution in [1.29, 1.82) is 0 Å². The van der Waals surface area contributed by atoms with Crippen LogP contribution in [0.25, 0.3) is 0 Å². The molecule has 2 aromatic rings. The number of ether oxygens (including phenoxy) is 1. The molecule has 9 heteroatoms. The summed E-state index contributed by atoms with van der Waals surface area (Å²) in [6.45, 7) is 4.98. The summed E-state index contributed by atoms with van der Waals surface area (Å²) in [5.74, 6) is 0.687. The molecule has 1 aliphatic heterocycles. The molecular formula is C16H23ClN4O3S. The normalized spacial score (nSPS) is 18.6. The summed E-state index contributed by atoms with van der Waals surface area (Å²) in [6.07, 6.45) is 0. The summed E-state index contributed by atoms with van der Waals surface area (Å²) in [7, 11) is -2.06. The van der Waals surface area contributed by atoms with E-state index in [0.717, 1.165) is 5.56 Å². The number of nitrogens with zero attached hydrogens (tertiary/aromatic N) is 2. The smallest absolute Gasteiger partial charge is 0.247 e. The second-order valence-electron chi connectivity index (χ2n) is 5.84. The standard InChI is InChI=1S/C16H22N4O3S.ClH/c1-11-16(12(2)19-18-11)24(21,22)20-9-8-17-10-14(20)13-6-4-5-7-15(13)23-3;/h4-7,14,17H,8-10H2,1-3H3,(H,18,19);1H. The highest BCUT2D eigenvalue weighted by Crippen LogP contribution is 2.34. The first-order chi connectivity index (χ1) is 11.5. The van der Waals surface area contributed by atoms with Gasteiger partial charge in [0.15, 0.2) is 0 Å². The van der Waals surface area contributed by atoms with Crippen molar-refractivity contribution >= 4 is 22.4 Å². The van der Waals surface area contributed by atoms with E-state index in [1.165, 1.54) is 0 Å². The third kappa shape index (κ3) is 3.52. The zero-order valence-corrected chi connectivity index (χ0v) is 16.1. The van der Waals surface area contributed by atoms with Crippen LogP contribution >= 0.6 is 12.4 Å². The molecule has 1 atom stereocenters. The molecule has 1 aliphatic rings. The minimum absolute atomic E-state index is 0. The van der Waals surface area contributed by atoms with Gasteiger partial charge < -0.3 is 10.1 Å². The highest BCUT2D eigenvalue weighted by atomic mass is 35.5. The van der Waals surface area contributed by atoms with Crippen molar-refractivity contribution in [3.8, 4) is 5.75 Å². The number of nitrogens with one attached hydrogen (secondary N) is 2. The topological polar surface area (TPSA) is 87.3 Å². The molecule has 25 heavy (non-hydrogen) atoms. The number of rotatable bonds is 4. The summed E-state index contributed by atoms with van der Waals surface area (Å²) in [4.78, 5) is 0.268. The van der Waals surface area contributed by atoms with Gasteiger partial charge in [0.05, 0.1) is 24.5 Å². The maximum atomic E-state index is 13.3. The lowest BCUT2D eigenvalue weighted by Crippen LogP contribution is -2.48. The fourth-order valence-electron chi connectivity index (χ4n) is 3.22. The Morgan fingerprint density at radius 2 is 2.00 bits per heavy atom. The van der Waals surface area contributed by atoms with E-state index in [9.17, 15) is 8.42 Å². The number of aromatic amines is 1. The van der Waals surface area contributed by atoms with Gasteiger partial charge in [0.2, 0.25) is 10.0 Å². The van der Waals surface area contributed by atoms with Crippen LogP contribution in [-0.2, 0) is 10.0 Å². The summed E-state index contributed by atoms with van der Waals surface area (Å²) >= 11 is 0. The van der Waals surface area contributed by atoms with Gasteiger partial charge in [-0.2, -0.15) is 9.40 Å². The third-order valence-corrected chi connectivity index (χ3v) is 6.49. The Hall–Kier alpha value is -1.61. The van der Waals surface area contributed by atoms with Crippen LogP contribution in [0.3, 0.4) is 0 Å². The highest BCUT2D eigenvalue weighted by molar-refractivity contribution is 7.89. The molecule has 1 unspecified atom stereocenters. The van der Waals surface area contributed by atoms with Crippen LogP contribution in [0.4, 0.5) is 0 Å². The number of H-pyrrole nitrogens is 1. The van der Waals surface area contributed by atoms with Gasteiger partial charge in [-0.15, -0.1) is 12.4 Å². The van der Waals surface area contributed by atoms with Crippen molar-refractivity contribution in [2.24, 2.45) is 0 Å². The first-order valence-electron chi connectivity index (χ1n) is 7.84. The Balaban J connectivity index is 0.00000225.